The van der Waals surface area contributed by atoms with Gasteiger partial charge in [-0.1, -0.05) is 0 Å². The Labute approximate surface area is 96.0 Å². The van der Waals surface area contributed by atoms with Crippen LogP contribution in [0.3, 0.4) is 0 Å². The minimum absolute atomic E-state index is 0.159. The lowest BCUT2D eigenvalue weighted by molar-refractivity contribution is -0.144. The first-order valence-corrected chi connectivity index (χ1v) is 5.52. The molecule has 0 atom stereocenters. The topological polar surface area (TPSA) is 71.2 Å². The maximum absolute atomic E-state index is 11.3. The van der Waals surface area contributed by atoms with E-state index >= 15 is 0 Å². The molecule has 1 heterocycles. The molecule has 1 aliphatic heterocycles. The van der Waals surface area contributed by atoms with Crippen LogP contribution in [0.2, 0.25) is 0 Å². The van der Waals surface area contributed by atoms with E-state index < -0.39 is 0 Å². The van der Waals surface area contributed by atoms with E-state index in [1.165, 1.54) is 0 Å². The summed E-state index contributed by atoms with van der Waals surface area (Å²) >= 11 is 0. The second-order valence-electron chi connectivity index (χ2n) is 3.65. The average molecular weight is 228 g/mol. The molecule has 0 aromatic heterocycles. The van der Waals surface area contributed by atoms with Crippen LogP contribution in [0.15, 0.2) is 4.99 Å². The molecule has 1 saturated heterocycles. The number of aliphatic imine (C=N–C) groups is 1. The molecule has 0 unspecified atom stereocenters. The standard InChI is InChI=1S/C10H20N4O2/c1-3-16-9(15)8-13-4-6-14(7-5-13)10(11)12-2/h3-8H2,1-2H3,(H2,11,12). The number of guanidine groups is 1. The Bertz CT molecular complexity index is 260. The summed E-state index contributed by atoms with van der Waals surface area (Å²) in [5.74, 6) is 0.406. The number of hydrogen-bond donors (Lipinski definition) is 1. The molecule has 6 heteroatoms. The summed E-state index contributed by atoms with van der Waals surface area (Å²) in [5.41, 5.74) is 5.71. The summed E-state index contributed by atoms with van der Waals surface area (Å²) < 4.78 is 4.90. The molecule has 0 saturated carbocycles. The second-order valence-corrected chi connectivity index (χ2v) is 3.65. The number of nitrogens with two attached hydrogens (primary N) is 1. The predicted molar refractivity (Wildman–Crippen MR) is 62.2 cm³/mol. The van der Waals surface area contributed by atoms with Crippen LogP contribution in [-0.4, -0.2) is 68.1 Å². The number of carbonyl (C=O) groups is 1. The van der Waals surface area contributed by atoms with Crippen LogP contribution in [0.1, 0.15) is 6.92 Å². The van der Waals surface area contributed by atoms with Crippen molar-refractivity contribution in [3.8, 4) is 0 Å². The highest BCUT2D eigenvalue weighted by Crippen LogP contribution is 2.01. The molecule has 6 nitrogen and oxygen atoms in total. The summed E-state index contributed by atoms with van der Waals surface area (Å²) in [6.45, 7) is 5.86. The van der Waals surface area contributed by atoms with E-state index in [-0.39, 0.29) is 5.97 Å². The zero-order valence-electron chi connectivity index (χ0n) is 9.98. The first-order chi connectivity index (χ1) is 7.67. The molecule has 0 aliphatic carbocycles. The van der Waals surface area contributed by atoms with Crippen LogP contribution in [0, 0.1) is 0 Å². The van der Waals surface area contributed by atoms with Crippen molar-refractivity contribution >= 4 is 11.9 Å². The highest BCUT2D eigenvalue weighted by molar-refractivity contribution is 5.78. The van der Waals surface area contributed by atoms with Gasteiger partial charge < -0.3 is 15.4 Å². The van der Waals surface area contributed by atoms with Gasteiger partial charge in [0.15, 0.2) is 5.96 Å². The SMILES string of the molecule is CCOC(=O)CN1CCN(C(N)=NC)CC1. The van der Waals surface area contributed by atoms with Crippen molar-refractivity contribution in [1.82, 2.24) is 9.80 Å². The lowest BCUT2D eigenvalue weighted by atomic mass is 10.3. The number of nitrogens with zero attached hydrogens (tertiary/aromatic N) is 3. The minimum atomic E-state index is -0.159. The second kappa shape index (κ2) is 6.32. The Morgan fingerprint density at radius 3 is 2.50 bits per heavy atom. The maximum atomic E-state index is 11.3. The quantitative estimate of drug-likeness (QED) is 0.385. The van der Waals surface area contributed by atoms with Gasteiger partial charge in [-0.3, -0.25) is 14.7 Å². The third-order valence-electron chi connectivity index (χ3n) is 2.58. The van der Waals surface area contributed by atoms with Gasteiger partial charge >= 0.3 is 5.97 Å². The van der Waals surface area contributed by atoms with Gasteiger partial charge in [0, 0.05) is 33.2 Å². The molecule has 1 rings (SSSR count). The average Bonchev–Trinajstić information content (AvgIpc) is 2.29. The molecule has 0 bridgehead atoms. The van der Waals surface area contributed by atoms with Gasteiger partial charge in [-0.25, -0.2) is 0 Å². The smallest absolute Gasteiger partial charge is 0.320 e. The summed E-state index contributed by atoms with van der Waals surface area (Å²) in [5, 5.41) is 0. The Hall–Kier alpha value is -1.30. The first kappa shape index (κ1) is 12.8. The number of carbonyl (C=O) groups excluding carboxylic acids is 1. The van der Waals surface area contributed by atoms with Crippen LogP contribution in [-0.2, 0) is 9.53 Å². The fraction of sp³-hybridized carbons (Fsp3) is 0.800. The minimum Gasteiger partial charge on any atom is -0.465 e. The van der Waals surface area contributed by atoms with Crippen molar-refractivity contribution in [2.45, 2.75) is 6.92 Å². The number of ether oxygens (including phenoxy) is 1. The summed E-state index contributed by atoms with van der Waals surface area (Å²) in [7, 11) is 1.68. The van der Waals surface area contributed by atoms with Gasteiger partial charge in [0.2, 0.25) is 0 Å². The van der Waals surface area contributed by atoms with Crippen LogP contribution in [0.4, 0.5) is 0 Å². The van der Waals surface area contributed by atoms with Crippen molar-refractivity contribution in [2.75, 3.05) is 46.4 Å². The van der Waals surface area contributed by atoms with Gasteiger partial charge in [-0.05, 0) is 6.92 Å². The summed E-state index contributed by atoms with van der Waals surface area (Å²) in [4.78, 5) is 19.3. The van der Waals surface area contributed by atoms with Gasteiger partial charge in [0.05, 0.1) is 13.2 Å². The zero-order valence-corrected chi connectivity index (χ0v) is 9.98. The predicted octanol–water partition coefficient (Wildman–Crippen LogP) is -0.888. The third-order valence-corrected chi connectivity index (χ3v) is 2.58. The Morgan fingerprint density at radius 1 is 1.38 bits per heavy atom. The van der Waals surface area contributed by atoms with Gasteiger partial charge in [-0.2, -0.15) is 0 Å². The van der Waals surface area contributed by atoms with Crippen LogP contribution in [0.5, 0.6) is 0 Å². The normalized spacial score (nSPS) is 18.6. The molecule has 0 aromatic carbocycles. The number of hydrogen-bond acceptors (Lipinski definition) is 4. The summed E-state index contributed by atoms with van der Waals surface area (Å²) in [6, 6.07) is 0. The van der Waals surface area contributed by atoms with Gasteiger partial charge in [-0.15, -0.1) is 0 Å². The molecule has 1 fully saturated rings. The van der Waals surface area contributed by atoms with E-state index in [1.807, 2.05) is 11.8 Å². The number of esters is 1. The van der Waals surface area contributed by atoms with Crippen molar-refractivity contribution < 1.29 is 9.53 Å². The van der Waals surface area contributed by atoms with Crippen molar-refractivity contribution in [1.29, 1.82) is 0 Å². The lowest BCUT2D eigenvalue weighted by Crippen LogP contribution is -2.52. The largest absolute Gasteiger partial charge is 0.465 e. The maximum Gasteiger partial charge on any atom is 0.320 e. The van der Waals surface area contributed by atoms with E-state index in [2.05, 4.69) is 9.89 Å². The van der Waals surface area contributed by atoms with E-state index in [4.69, 9.17) is 10.5 Å². The summed E-state index contributed by atoms with van der Waals surface area (Å²) in [6.07, 6.45) is 0. The molecular weight excluding hydrogens is 208 g/mol. The fourth-order valence-corrected chi connectivity index (χ4v) is 1.67. The van der Waals surface area contributed by atoms with Crippen molar-refractivity contribution in [3.05, 3.63) is 0 Å². The van der Waals surface area contributed by atoms with Crippen LogP contribution >= 0.6 is 0 Å². The molecule has 2 N–H and O–H groups in total. The molecule has 1 aliphatic rings. The Balaban J connectivity index is 2.29. The van der Waals surface area contributed by atoms with Crippen LogP contribution < -0.4 is 5.73 Å². The van der Waals surface area contributed by atoms with Crippen molar-refractivity contribution in [3.63, 3.8) is 0 Å². The van der Waals surface area contributed by atoms with Gasteiger partial charge in [0.1, 0.15) is 0 Å². The third kappa shape index (κ3) is 3.69. The zero-order chi connectivity index (χ0) is 12.0. The number of rotatable bonds is 3. The number of piperazine rings is 1. The van der Waals surface area contributed by atoms with Crippen LogP contribution in [0.25, 0.3) is 0 Å². The highest BCUT2D eigenvalue weighted by Gasteiger charge is 2.19. The van der Waals surface area contributed by atoms with E-state index in [0.29, 0.717) is 19.1 Å². The van der Waals surface area contributed by atoms with E-state index in [9.17, 15) is 4.79 Å². The molecule has 0 aromatic rings. The first-order valence-electron chi connectivity index (χ1n) is 5.52. The molecule has 16 heavy (non-hydrogen) atoms. The fourth-order valence-electron chi connectivity index (χ4n) is 1.67. The molecule has 0 amide bonds. The van der Waals surface area contributed by atoms with E-state index in [0.717, 1.165) is 26.2 Å². The lowest BCUT2D eigenvalue weighted by Gasteiger charge is -2.34. The molecule has 92 valence electrons. The van der Waals surface area contributed by atoms with Gasteiger partial charge in [0.25, 0.3) is 0 Å². The molecule has 0 radical (unpaired) electrons. The Morgan fingerprint density at radius 2 is 2.00 bits per heavy atom. The van der Waals surface area contributed by atoms with Crippen molar-refractivity contribution in [2.24, 2.45) is 10.7 Å². The molecular formula is C10H20N4O2. The monoisotopic (exact) mass is 228 g/mol. The Kier molecular flexibility index (Phi) is 5.04. The highest BCUT2D eigenvalue weighted by atomic mass is 16.5. The molecule has 0 spiro atoms. The van der Waals surface area contributed by atoms with E-state index in [1.54, 1.807) is 7.05 Å².